The number of H-pyrrole nitrogens is 1. The molecule has 26 heavy (non-hydrogen) atoms. The highest BCUT2D eigenvalue weighted by Gasteiger charge is 2.15. The predicted octanol–water partition coefficient (Wildman–Crippen LogP) is 4.40. The molecule has 0 radical (unpaired) electrons. The molecule has 0 spiro atoms. The number of rotatable bonds is 9. The van der Waals surface area contributed by atoms with Gasteiger partial charge in [-0.05, 0) is 19.4 Å². The van der Waals surface area contributed by atoms with Crippen LogP contribution in [0.4, 0.5) is 0 Å². The molecule has 1 aromatic carbocycles. The van der Waals surface area contributed by atoms with E-state index in [0.29, 0.717) is 11.1 Å². The molecule has 0 saturated carbocycles. The number of thioether (sulfide) groups is 1. The zero-order valence-corrected chi connectivity index (χ0v) is 15.9. The van der Waals surface area contributed by atoms with Gasteiger partial charge >= 0.3 is 0 Å². The van der Waals surface area contributed by atoms with Gasteiger partial charge in [-0.15, -0.1) is 10.2 Å². The first kappa shape index (κ1) is 18.5. The highest BCUT2D eigenvalue weighted by atomic mass is 32.2. The van der Waals surface area contributed by atoms with Crippen LogP contribution in [0.2, 0.25) is 0 Å². The third-order valence-electron chi connectivity index (χ3n) is 4.20. The number of nitrogens with one attached hydrogen (secondary N) is 2. The minimum Gasteiger partial charge on any atom is -0.411 e. The number of carbonyl (C=O) groups is 1. The van der Waals surface area contributed by atoms with Crippen molar-refractivity contribution in [2.45, 2.75) is 50.8 Å². The number of aromatic nitrogens is 3. The number of benzene rings is 1. The lowest BCUT2D eigenvalue weighted by atomic mass is 10.1. The van der Waals surface area contributed by atoms with Gasteiger partial charge in [-0.1, -0.05) is 56.1 Å². The Labute approximate surface area is 157 Å². The smallest absolute Gasteiger partial charge is 0.277 e. The first-order valence-electron chi connectivity index (χ1n) is 8.99. The molecule has 2 heterocycles. The molecular weight excluding hydrogens is 348 g/mol. The Balaban J connectivity index is 1.53. The number of unbranched alkanes of at least 4 members (excludes halogenated alkanes) is 2. The zero-order valence-electron chi connectivity index (χ0n) is 15.1. The summed E-state index contributed by atoms with van der Waals surface area (Å²) in [6, 6.07) is 8.14. The van der Waals surface area contributed by atoms with Crippen molar-refractivity contribution in [3.63, 3.8) is 0 Å². The van der Waals surface area contributed by atoms with Crippen LogP contribution in [0.1, 0.15) is 39.5 Å². The number of hydrogen-bond donors (Lipinski definition) is 2. The quantitative estimate of drug-likeness (QED) is 0.430. The Hall–Kier alpha value is -2.28. The monoisotopic (exact) mass is 372 g/mol. The van der Waals surface area contributed by atoms with Crippen molar-refractivity contribution in [3.05, 3.63) is 30.5 Å². The second kappa shape index (κ2) is 8.89. The van der Waals surface area contributed by atoms with Crippen molar-refractivity contribution in [2.75, 3.05) is 5.75 Å². The molecule has 0 aliphatic rings. The van der Waals surface area contributed by atoms with Gasteiger partial charge in [0.1, 0.15) is 0 Å². The summed E-state index contributed by atoms with van der Waals surface area (Å²) in [5.74, 6) is 0.720. The molecule has 138 valence electrons. The number of carbonyl (C=O) groups excluding carboxylic acids is 1. The van der Waals surface area contributed by atoms with E-state index in [1.165, 1.54) is 24.6 Å². The number of amides is 1. The Morgan fingerprint density at radius 3 is 3.00 bits per heavy atom. The molecule has 2 N–H and O–H groups in total. The van der Waals surface area contributed by atoms with Crippen LogP contribution in [0.3, 0.4) is 0 Å². The standard InChI is InChI=1S/C19H24N4O2S/c1-3-4-5-8-13(2)21-17(24)12-26-19-23-22-18(25-19)15-11-20-16-10-7-6-9-14(15)16/h6-7,9-11,13,20H,3-5,8,12H2,1-2H3,(H,21,24). The second-order valence-electron chi connectivity index (χ2n) is 6.37. The summed E-state index contributed by atoms with van der Waals surface area (Å²) in [6.07, 6.45) is 6.40. The van der Waals surface area contributed by atoms with Crippen molar-refractivity contribution in [2.24, 2.45) is 0 Å². The van der Waals surface area contributed by atoms with Gasteiger partial charge in [0.25, 0.3) is 11.1 Å². The maximum atomic E-state index is 12.0. The summed E-state index contributed by atoms with van der Waals surface area (Å²) in [5, 5.41) is 12.6. The number of nitrogens with zero attached hydrogens (tertiary/aromatic N) is 2. The molecule has 0 fully saturated rings. The van der Waals surface area contributed by atoms with Crippen LogP contribution in [0.5, 0.6) is 0 Å². The van der Waals surface area contributed by atoms with E-state index in [1.807, 2.05) is 37.4 Å². The van der Waals surface area contributed by atoms with Crippen molar-refractivity contribution >= 4 is 28.6 Å². The summed E-state index contributed by atoms with van der Waals surface area (Å²) >= 11 is 1.26. The van der Waals surface area contributed by atoms with Gasteiger partial charge in [0.15, 0.2) is 0 Å². The average Bonchev–Trinajstić information content (AvgIpc) is 3.26. The van der Waals surface area contributed by atoms with Crippen LogP contribution in [0, 0.1) is 0 Å². The van der Waals surface area contributed by atoms with Crippen LogP contribution in [0.25, 0.3) is 22.4 Å². The van der Waals surface area contributed by atoms with Crippen molar-refractivity contribution < 1.29 is 9.21 Å². The lowest BCUT2D eigenvalue weighted by Crippen LogP contribution is -2.33. The molecule has 3 rings (SSSR count). The average molecular weight is 372 g/mol. The molecule has 1 atom stereocenters. The Bertz CT molecular complexity index is 858. The number of fused-ring (bicyclic) bond motifs is 1. The van der Waals surface area contributed by atoms with E-state index in [1.54, 1.807) is 0 Å². The van der Waals surface area contributed by atoms with Crippen LogP contribution in [0.15, 0.2) is 40.1 Å². The maximum absolute atomic E-state index is 12.0. The predicted molar refractivity (Wildman–Crippen MR) is 104 cm³/mol. The van der Waals surface area contributed by atoms with Crippen LogP contribution < -0.4 is 5.32 Å². The topological polar surface area (TPSA) is 83.8 Å². The Morgan fingerprint density at radius 1 is 1.31 bits per heavy atom. The molecule has 3 aromatic rings. The zero-order chi connectivity index (χ0) is 18.4. The van der Waals surface area contributed by atoms with Gasteiger partial charge in [0.05, 0.1) is 11.3 Å². The normalized spacial score (nSPS) is 12.4. The third kappa shape index (κ3) is 4.66. The van der Waals surface area contributed by atoms with E-state index in [0.717, 1.165) is 29.3 Å². The summed E-state index contributed by atoms with van der Waals surface area (Å²) in [7, 11) is 0. The molecule has 7 heteroatoms. The first-order chi connectivity index (χ1) is 12.7. The molecule has 0 aliphatic heterocycles. The third-order valence-corrected chi connectivity index (χ3v) is 5.02. The van der Waals surface area contributed by atoms with Crippen molar-refractivity contribution in [1.29, 1.82) is 0 Å². The van der Waals surface area contributed by atoms with Gasteiger partial charge in [-0.3, -0.25) is 4.79 Å². The molecule has 0 saturated heterocycles. The lowest BCUT2D eigenvalue weighted by Gasteiger charge is -2.12. The van der Waals surface area contributed by atoms with Gasteiger partial charge in [0.2, 0.25) is 5.91 Å². The van der Waals surface area contributed by atoms with E-state index in [-0.39, 0.29) is 17.7 Å². The van der Waals surface area contributed by atoms with Crippen molar-refractivity contribution in [3.8, 4) is 11.5 Å². The van der Waals surface area contributed by atoms with E-state index in [2.05, 4.69) is 27.4 Å². The van der Waals surface area contributed by atoms with Crippen molar-refractivity contribution in [1.82, 2.24) is 20.5 Å². The van der Waals surface area contributed by atoms with Gasteiger partial charge < -0.3 is 14.7 Å². The number of aromatic amines is 1. The fourth-order valence-electron chi connectivity index (χ4n) is 2.84. The summed E-state index contributed by atoms with van der Waals surface area (Å²) < 4.78 is 5.71. The maximum Gasteiger partial charge on any atom is 0.277 e. The second-order valence-corrected chi connectivity index (χ2v) is 7.30. The highest BCUT2D eigenvalue weighted by Crippen LogP contribution is 2.29. The summed E-state index contributed by atoms with van der Waals surface area (Å²) in [4.78, 5) is 15.2. The highest BCUT2D eigenvalue weighted by molar-refractivity contribution is 7.99. The number of para-hydroxylation sites is 1. The largest absolute Gasteiger partial charge is 0.411 e. The fourth-order valence-corrected chi connectivity index (χ4v) is 3.42. The molecule has 2 aromatic heterocycles. The SMILES string of the molecule is CCCCCC(C)NC(=O)CSc1nnc(-c2c[nH]c3ccccc23)o1. The van der Waals surface area contributed by atoms with E-state index in [4.69, 9.17) is 4.42 Å². The fraction of sp³-hybridized carbons (Fsp3) is 0.421. The molecule has 1 unspecified atom stereocenters. The summed E-state index contributed by atoms with van der Waals surface area (Å²) in [6.45, 7) is 4.22. The number of hydrogen-bond acceptors (Lipinski definition) is 5. The Kier molecular flexibility index (Phi) is 6.33. The minimum absolute atomic E-state index is 0.00848. The van der Waals surface area contributed by atoms with Gasteiger partial charge in [-0.25, -0.2) is 0 Å². The molecule has 6 nitrogen and oxygen atoms in total. The molecule has 0 aliphatic carbocycles. The van der Waals surface area contributed by atoms with E-state index >= 15 is 0 Å². The molecular formula is C19H24N4O2S. The minimum atomic E-state index is -0.00848. The van der Waals surface area contributed by atoms with Gasteiger partial charge in [0, 0.05) is 23.1 Å². The Morgan fingerprint density at radius 2 is 2.15 bits per heavy atom. The first-order valence-corrected chi connectivity index (χ1v) is 9.98. The van der Waals surface area contributed by atoms with Crippen LogP contribution in [-0.4, -0.2) is 32.9 Å². The summed E-state index contributed by atoms with van der Waals surface area (Å²) in [5.41, 5.74) is 1.89. The van der Waals surface area contributed by atoms with E-state index in [9.17, 15) is 4.79 Å². The lowest BCUT2D eigenvalue weighted by molar-refractivity contribution is -0.119. The van der Waals surface area contributed by atoms with Crippen LogP contribution >= 0.6 is 11.8 Å². The van der Waals surface area contributed by atoms with E-state index < -0.39 is 0 Å². The van der Waals surface area contributed by atoms with Crippen LogP contribution in [-0.2, 0) is 4.79 Å². The van der Waals surface area contributed by atoms with Gasteiger partial charge in [-0.2, -0.15) is 0 Å². The molecule has 0 bridgehead atoms. The molecule has 1 amide bonds.